The highest BCUT2D eigenvalue weighted by Gasteiger charge is 2.97. The van der Waals surface area contributed by atoms with Crippen molar-refractivity contribution in [3.63, 3.8) is 0 Å². The molecule has 0 aromatic heterocycles. The molecule has 8 atom stereocenters. The first-order valence-electron chi connectivity index (χ1n) is 4.54. The molecule has 0 aromatic carbocycles. The number of rotatable bonds is 0. The molecule has 6 fully saturated rings. The Balaban J connectivity index is 1.98. The Morgan fingerprint density at radius 2 is 1.60 bits per heavy atom. The van der Waals surface area contributed by atoms with E-state index in [4.69, 9.17) is 0 Å². The molecular formula is C9H9I. The van der Waals surface area contributed by atoms with Crippen molar-refractivity contribution in [1.29, 1.82) is 0 Å². The van der Waals surface area contributed by atoms with Gasteiger partial charge in [0.2, 0.25) is 0 Å². The lowest BCUT2D eigenvalue weighted by Gasteiger charge is -2.03. The molecule has 52 valence electrons. The van der Waals surface area contributed by atoms with E-state index in [1.807, 2.05) is 0 Å². The molecule has 0 N–H and O–H groups in total. The first-order valence-corrected chi connectivity index (χ1v) is 5.62. The summed E-state index contributed by atoms with van der Waals surface area (Å²) in [6.07, 6.45) is 1.66. The normalized spacial score (nSPS) is 97.5. The second kappa shape index (κ2) is 0.898. The van der Waals surface area contributed by atoms with Gasteiger partial charge >= 0.3 is 0 Å². The van der Waals surface area contributed by atoms with Gasteiger partial charge in [0.1, 0.15) is 0 Å². The molecule has 0 aliphatic heterocycles. The monoisotopic (exact) mass is 244 g/mol. The summed E-state index contributed by atoms with van der Waals surface area (Å²) in [6, 6.07) is 0. The van der Waals surface area contributed by atoms with Gasteiger partial charge in [-0.2, -0.15) is 0 Å². The number of hydrogen-bond acceptors (Lipinski definition) is 0. The van der Waals surface area contributed by atoms with Crippen molar-refractivity contribution in [1.82, 2.24) is 0 Å². The quantitative estimate of drug-likeness (QED) is 0.451. The molecule has 0 spiro atoms. The van der Waals surface area contributed by atoms with Crippen LogP contribution in [0.2, 0.25) is 0 Å². The second-order valence-corrected chi connectivity index (χ2v) is 6.99. The zero-order valence-electron chi connectivity index (χ0n) is 5.63. The third-order valence-corrected chi connectivity index (χ3v) is 7.56. The van der Waals surface area contributed by atoms with Crippen LogP contribution >= 0.6 is 22.6 Å². The van der Waals surface area contributed by atoms with Crippen LogP contribution in [0.25, 0.3) is 0 Å². The maximum Gasteiger partial charge on any atom is 0.0324 e. The number of alkyl halides is 1. The van der Waals surface area contributed by atoms with Crippen molar-refractivity contribution < 1.29 is 0 Å². The zero-order valence-corrected chi connectivity index (χ0v) is 7.78. The van der Waals surface area contributed by atoms with E-state index in [-0.39, 0.29) is 0 Å². The zero-order chi connectivity index (χ0) is 6.25. The molecule has 6 aliphatic rings. The van der Waals surface area contributed by atoms with Crippen molar-refractivity contribution in [2.24, 2.45) is 41.4 Å². The van der Waals surface area contributed by atoms with Gasteiger partial charge in [-0.15, -0.1) is 0 Å². The summed E-state index contributed by atoms with van der Waals surface area (Å²) in [6.45, 7) is 0. The Kier molecular flexibility index (Phi) is 0.421. The lowest BCUT2D eigenvalue weighted by Crippen LogP contribution is -2.01. The highest BCUT2D eigenvalue weighted by Crippen LogP contribution is 2.98. The lowest BCUT2D eigenvalue weighted by atomic mass is 10.0. The predicted molar refractivity (Wildman–Crippen MR) is 45.8 cm³/mol. The molecule has 0 saturated heterocycles. The van der Waals surface area contributed by atoms with E-state index >= 15 is 0 Å². The van der Waals surface area contributed by atoms with Crippen LogP contribution in [0.1, 0.15) is 6.42 Å². The van der Waals surface area contributed by atoms with Gasteiger partial charge in [-0.1, -0.05) is 22.6 Å². The topological polar surface area (TPSA) is 0 Å². The molecule has 0 aromatic rings. The molecule has 0 nitrogen and oxygen atoms in total. The van der Waals surface area contributed by atoms with Crippen LogP contribution in [0.3, 0.4) is 0 Å². The summed E-state index contributed by atoms with van der Waals surface area (Å²) in [7, 11) is 0. The first kappa shape index (κ1) is 4.68. The third-order valence-electron chi connectivity index (χ3n) is 5.40. The maximum absolute atomic E-state index is 2.82. The highest BCUT2D eigenvalue weighted by atomic mass is 127. The average Bonchev–Trinajstić information content (AvgIpc) is 2.65. The summed E-state index contributed by atoms with van der Waals surface area (Å²) in [4.78, 5) is 0. The molecule has 0 heterocycles. The van der Waals surface area contributed by atoms with Crippen LogP contribution in [-0.2, 0) is 0 Å². The van der Waals surface area contributed by atoms with E-state index in [0.717, 1.165) is 3.42 Å². The van der Waals surface area contributed by atoms with Crippen molar-refractivity contribution in [3.05, 3.63) is 0 Å². The predicted octanol–water partition coefficient (Wildman–Crippen LogP) is 1.93. The molecule has 10 heavy (non-hydrogen) atoms. The van der Waals surface area contributed by atoms with E-state index in [1.54, 1.807) is 6.42 Å². The lowest BCUT2D eigenvalue weighted by molar-refractivity contribution is 0.434. The third kappa shape index (κ3) is 0.203. The molecule has 0 radical (unpaired) electrons. The van der Waals surface area contributed by atoms with Crippen molar-refractivity contribution in [2.45, 2.75) is 9.84 Å². The Labute approximate surface area is 73.9 Å². The Bertz CT molecular complexity index is 236. The molecule has 1 heteroatoms. The van der Waals surface area contributed by atoms with Crippen molar-refractivity contribution >= 4 is 22.6 Å². The molecule has 6 rings (SSSR count). The van der Waals surface area contributed by atoms with Gasteiger partial charge in [0.15, 0.2) is 0 Å². The largest absolute Gasteiger partial charge is 0.0779 e. The number of halogens is 1. The highest BCUT2D eigenvalue weighted by molar-refractivity contribution is 14.1. The average molecular weight is 244 g/mol. The van der Waals surface area contributed by atoms with Gasteiger partial charge in [-0.3, -0.25) is 0 Å². The van der Waals surface area contributed by atoms with Gasteiger partial charge in [0.25, 0.3) is 0 Å². The van der Waals surface area contributed by atoms with E-state index in [1.165, 1.54) is 41.4 Å². The minimum Gasteiger partial charge on any atom is -0.0779 e. The fourth-order valence-electron chi connectivity index (χ4n) is 5.52. The molecule has 6 saturated carbocycles. The van der Waals surface area contributed by atoms with Crippen molar-refractivity contribution in [2.75, 3.05) is 0 Å². The van der Waals surface area contributed by atoms with Gasteiger partial charge in [-0.05, 0) is 47.8 Å². The molecular weight excluding hydrogens is 235 g/mol. The van der Waals surface area contributed by atoms with Gasteiger partial charge in [0, 0.05) is 3.42 Å². The van der Waals surface area contributed by atoms with Gasteiger partial charge < -0.3 is 0 Å². The molecule has 2 unspecified atom stereocenters. The standard InChI is InChI=1S/C9H9I/c10-9-6-2-1-3(7(6)9)5-4(2)8(5)9/h2-8H,1H2/t2-,3+,4-,5-,6+,7+,8?,9?/m0/s1. The summed E-state index contributed by atoms with van der Waals surface area (Å²) in [5, 5.41) is 0. The number of hydrogen-bond donors (Lipinski definition) is 0. The van der Waals surface area contributed by atoms with E-state index in [9.17, 15) is 0 Å². The minimum absolute atomic E-state index is 0.917. The Hall–Kier alpha value is 0.730. The second-order valence-electron chi connectivity index (χ2n) is 5.12. The minimum atomic E-state index is 0.917. The Morgan fingerprint density at radius 1 is 1.00 bits per heavy atom. The van der Waals surface area contributed by atoms with Crippen molar-refractivity contribution in [3.8, 4) is 0 Å². The molecule has 0 amide bonds. The van der Waals surface area contributed by atoms with Gasteiger partial charge in [0.05, 0.1) is 0 Å². The SMILES string of the molecule is IC12C3[C@H]4[C@H]5C[C@@H]([C@H]34)[C@@H]1[C@@H]52. The molecule has 2 bridgehead atoms. The van der Waals surface area contributed by atoms with Crippen LogP contribution < -0.4 is 0 Å². The fraction of sp³-hybridized carbons (Fsp3) is 1.00. The Morgan fingerprint density at radius 3 is 1.80 bits per heavy atom. The summed E-state index contributed by atoms with van der Waals surface area (Å²) in [5.74, 6) is 8.81. The fourth-order valence-corrected chi connectivity index (χ4v) is 7.87. The van der Waals surface area contributed by atoms with Crippen LogP contribution in [0.5, 0.6) is 0 Å². The summed E-state index contributed by atoms with van der Waals surface area (Å²) < 4.78 is 0.917. The van der Waals surface area contributed by atoms with Crippen LogP contribution in [0.15, 0.2) is 0 Å². The van der Waals surface area contributed by atoms with Gasteiger partial charge in [-0.25, -0.2) is 0 Å². The maximum atomic E-state index is 2.82. The molecule has 6 aliphatic carbocycles. The smallest absolute Gasteiger partial charge is 0.0324 e. The van der Waals surface area contributed by atoms with Crippen LogP contribution in [0.4, 0.5) is 0 Å². The van der Waals surface area contributed by atoms with Crippen LogP contribution in [0, 0.1) is 41.4 Å². The van der Waals surface area contributed by atoms with Crippen LogP contribution in [-0.4, -0.2) is 3.42 Å². The van der Waals surface area contributed by atoms with E-state index in [2.05, 4.69) is 22.6 Å². The summed E-state index contributed by atoms with van der Waals surface area (Å²) >= 11 is 2.82. The van der Waals surface area contributed by atoms with E-state index in [0.29, 0.717) is 0 Å². The van der Waals surface area contributed by atoms with E-state index < -0.39 is 0 Å². The summed E-state index contributed by atoms with van der Waals surface area (Å²) in [5.41, 5.74) is 0. The first-order chi connectivity index (χ1) is 4.85.